The third-order valence-corrected chi connectivity index (χ3v) is 10.9. The number of aromatic nitrogens is 2. The first-order valence-electron chi connectivity index (χ1n) is 10.2. The molecule has 2 nitrogen and oxygen atoms in total. The van der Waals surface area contributed by atoms with E-state index >= 15 is 0 Å². The van der Waals surface area contributed by atoms with Crippen molar-refractivity contribution in [1.82, 2.24) is 9.13 Å². The van der Waals surface area contributed by atoms with Crippen LogP contribution in [0.5, 0.6) is 0 Å². The Morgan fingerprint density at radius 3 is 1.45 bits per heavy atom. The van der Waals surface area contributed by atoms with Crippen molar-refractivity contribution in [3.8, 4) is 0 Å². The summed E-state index contributed by atoms with van der Waals surface area (Å²) in [6.07, 6.45) is 4.23. The number of nitrogens with zero attached hydrogens (tertiary/aromatic N) is 2. The monoisotopic (exact) mass is 538 g/mol. The van der Waals surface area contributed by atoms with E-state index in [1.807, 2.05) is 30.3 Å². The fraction of sp³-hybridized carbons (Fsp3) is 0.154. The summed E-state index contributed by atoms with van der Waals surface area (Å²) < 4.78 is 7.58. The summed E-state index contributed by atoms with van der Waals surface area (Å²) in [6.45, 7) is 4.39. The average Bonchev–Trinajstić information content (AvgIpc) is 3.26. The van der Waals surface area contributed by atoms with E-state index in [2.05, 4.69) is 101 Å². The van der Waals surface area contributed by atoms with Gasteiger partial charge in [0.25, 0.3) is 0 Å². The molecule has 0 aliphatic carbocycles. The first kappa shape index (κ1) is 22.1. The summed E-state index contributed by atoms with van der Waals surface area (Å²) in [4.78, 5) is 0. The molecule has 5 heteroatoms. The minimum atomic E-state index is -3.40. The molecular formula is C26H26Cl2N2Ru. The van der Waals surface area contributed by atoms with Crippen molar-refractivity contribution in [2.24, 2.45) is 0 Å². The van der Waals surface area contributed by atoms with Crippen LogP contribution in [0.1, 0.15) is 42.6 Å². The molecule has 0 saturated carbocycles. The Morgan fingerprint density at radius 1 is 0.645 bits per heavy atom. The number of hydrogen-bond acceptors (Lipinski definition) is 0. The second-order valence-corrected chi connectivity index (χ2v) is 16.7. The van der Waals surface area contributed by atoms with Crippen LogP contribution in [0, 0.1) is 4.01 Å². The van der Waals surface area contributed by atoms with E-state index in [1.165, 1.54) is 11.1 Å². The van der Waals surface area contributed by atoms with Gasteiger partial charge >= 0.3 is 195 Å². The molecule has 1 aromatic heterocycles. The van der Waals surface area contributed by atoms with Gasteiger partial charge < -0.3 is 0 Å². The average molecular weight is 538 g/mol. The first-order valence-corrected chi connectivity index (χ1v) is 16.6. The standard InChI is InChI=1S/C19H20N2.C7H6.2ClH.Ru/c1-16(18-9-5-3-6-10-18)20-13-14-21(15-20)17(2)19-11-7-4-8-12-19;1-7-5-3-2-4-6-7;;;/h3-14,16-17H,1-2H3;1-6H;2*1H;/q;;;;+2/p-2/t16-,17-;;;;/m1..../s1. The molecule has 2 atom stereocenters. The molecule has 0 amide bonds. The second-order valence-electron chi connectivity index (χ2n) is 7.50. The molecule has 0 radical (unpaired) electrons. The molecule has 31 heavy (non-hydrogen) atoms. The molecule has 3 aromatic carbocycles. The summed E-state index contributed by atoms with van der Waals surface area (Å²) in [5.41, 5.74) is 3.50. The predicted molar refractivity (Wildman–Crippen MR) is 129 cm³/mol. The third-order valence-electron chi connectivity index (χ3n) is 5.46. The van der Waals surface area contributed by atoms with Crippen molar-refractivity contribution in [2.75, 3.05) is 0 Å². The van der Waals surface area contributed by atoms with Gasteiger partial charge in [-0.3, -0.25) is 0 Å². The summed E-state index contributed by atoms with van der Waals surface area (Å²) in [5.74, 6) is 0. The van der Waals surface area contributed by atoms with Crippen LogP contribution in [0.2, 0.25) is 0 Å². The number of hydrogen-bond donors (Lipinski definition) is 0. The van der Waals surface area contributed by atoms with Crippen molar-refractivity contribution in [3.63, 3.8) is 0 Å². The number of benzene rings is 3. The zero-order valence-corrected chi connectivity index (χ0v) is 20.8. The van der Waals surface area contributed by atoms with Crippen LogP contribution < -0.4 is 0 Å². The van der Waals surface area contributed by atoms with E-state index in [-0.39, 0.29) is 12.1 Å². The van der Waals surface area contributed by atoms with Gasteiger partial charge in [-0.1, -0.05) is 0 Å². The normalized spacial score (nSPS) is 14.1. The van der Waals surface area contributed by atoms with Crippen LogP contribution in [0.15, 0.2) is 103 Å². The SMILES string of the molecule is C[C@H](c1ccccc1)n1ccn([C@H](C)c2ccccc2)[c]1=[Ru]([Cl])([Cl])=[CH]c1ccccc1. The van der Waals surface area contributed by atoms with Crippen LogP contribution in [0.4, 0.5) is 0 Å². The van der Waals surface area contributed by atoms with Gasteiger partial charge in [-0.15, -0.1) is 0 Å². The zero-order chi connectivity index (χ0) is 21.8. The summed E-state index contributed by atoms with van der Waals surface area (Å²) >= 11 is -3.40. The van der Waals surface area contributed by atoms with E-state index in [1.54, 1.807) is 0 Å². The molecule has 162 valence electrons. The molecule has 4 rings (SSSR count). The van der Waals surface area contributed by atoms with Crippen LogP contribution >= 0.6 is 19.4 Å². The minimum absolute atomic E-state index is 0.113. The molecule has 0 spiro atoms. The van der Waals surface area contributed by atoms with Gasteiger partial charge in [-0.05, 0) is 0 Å². The van der Waals surface area contributed by atoms with Crippen molar-refractivity contribution in [3.05, 3.63) is 124 Å². The zero-order valence-electron chi connectivity index (χ0n) is 17.6. The second kappa shape index (κ2) is 9.61. The Morgan fingerprint density at radius 2 is 1.03 bits per heavy atom. The van der Waals surface area contributed by atoms with E-state index < -0.39 is 11.9 Å². The molecule has 0 aliphatic heterocycles. The molecule has 0 N–H and O–H groups in total. The van der Waals surface area contributed by atoms with Crippen LogP contribution in [-0.2, 0) is 11.9 Å². The van der Waals surface area contributed by atoms with Crippen LogP contribution in [0.3, 0.4) is 0 Å². The van der Waals surface area contributed by atoms with Gasteiger partial charge in [-0.25, -0.2) is 0 Å². The van der Waals surface area contributed by atoms with Crippen molar-refractivity contribution in [1.29, 1.82) is 0 Å². The summed E-state index contributed by atoms with van der Waals surface area (Å²) in [5, 5.41) is 0. The fourth-order valence-electron chi connectivity index (χ4n) is 3.71. The van der Waals surface area contributed by atoms with Crippen molar-refractivity contribution >= 4 is 24.0 Å². The Balaban J connectivity index is 2.01. The van der Waals surface area contributed by atoms with Gasteiger partial charge in [0, 0.05) is 0 Å². The van der Waals surface area contributed by atoms with Gasteiger partial charge in [0.15, 0.2) is 0 Å². The van der Waals surface area contributed by atoms with Gasteiger partial charge in [0.1, 0.15) is 0 Å². The number of imidazole rings is 1. The van der Waals surface area contributed by atoms with Gasteiger partial charge in [0.05, 0.1) is 0 Å². The summed E-state index contributed by atoms with van der Waals surface area (Å²) in [7, 11) is 14.5. The van der Waals surface area contributed by atoms with E-state index in [0.717, 1.165) is 9.58 Å². The van der Waals surface area contributed by atoms with Gasteiger partial charge in [0.2, 0.25) is 0 Å². The van der Waals surface area contributed by atoms with E-state index in [9.17, 15) is 0 Å². The molecule has 0 saturated heterocycles. The quantitative estimate of drug-likeness (QED) is 0.235. The Bertz CT molecular complexity index is 1230. The van der Waals surface area contributed by atoms with Crippen molar-refractivity contribution < 1.29 is 11.9 Å². The van der Waals surface area contributed by atoms with Crippen LogP contribution in [0.25, 0.3) is 0 Å². The van der Waals surface area contributed by atoms with E-state index in [0.29, 0.717) is 0 Å². The predicted octanol–water partition coefficient (Wildman–Crippen LogP) is 7.35. The molecule has 0 aliphatic rings. The topological polar surface area (TPSA) is 9.86 Å². The summed E-state index contributed by atoms with van der Waals surface area (Å²) in [6, 6.07) is 31.3. The van der Waals surface area contributed by atoms with Crippen molar-refractivity contribution in [2.45, 2.75) is 25.9 Å². The third kappa shape index (κ3) is 4.90. The van der Waals surface area contributed by atoms with Gasteiger partial charge in [-0.2, -0.15) is 0 Å². The number of rotatable bonds is 5. The number of halogens is 2. The molecule has 4 aromatic rings. The Hall–Kier alpha value is -2.06. The van der Waals surface area contributed by atoms with Crippen LogP contribution in [-0.4, -0.2) is 13.7 Å². The molecule has 1 heterocycles. The Kier molecular flexibility index (Phi) is 6.87. The maximum absolute atomic E-state index is 7.25. The molecule has 0 bridgehead atoms. The Labute approximate surface area is 194 Å². The maximum atomic E-state index is 7.25. The molecule has 0 unspecified atom stereocenters. The molecule has 0 fully saturated rings. The fourth-order valence-corrected chi connectivity index (χ4v) is 9.81. The molecular weight excluding hydrogens is 512 g/mol. The van der Waals surface area contributed by atoms with E-state index in [4.69, 9.17) is 19.4 Å². The first-order chi connectivity index (χ1) is 15.0.